The van der Waals surface area contributed by atoms with E-state index in [0.29, 0.717) is 11.4 Å². The number of hydrogen-bond acceptors (Lipinski definition) is 5. The van der Waals surface area contributed by atoms with E-state index in [1.807, 2.05) is 39.0 Å². The maximum absolute atomic E-state index is 14.3. The molecule has 0 bridgehead atoms. The van der Waals surface area contributed by atoms with Crippen LogP contribution >= 0.6 is 0 Å². The molecular formula is C25H24F2N6O. The number of aromatic nitrogens is 5. The minimum atomic E-state index is -0.684. The molecule has 1 aromatic carbocycles. The summed E-state index contributed by atoms with van der Waals surface area (Å²) in [4.78, 5) is 15.9. The summed E-state index contributed by atoms with van der Waals surface area (Å²) in [6.45, 7) is 5.93. The summed E-state index contributed by atoms with van der Waals surface area (Å²) in [5.41, 5.74) is 8.90. The minimum Gasteiger partial charge on any atom is -0.368 e. The quantitative estimate of drug-likeness (QED) is 0.438. The lowest BCUT2D eigenvalue weighted by Crippen LogP contribution is -2.18. The van der Waals surface area contributed by atoms with Crippen LogP contribution in [0, 0.1) is 11.6 Å². The molecule has 0 fully saturated rings. The van der Waals surface area contributed by atoms with Gasteiger partial charge in [0.2, 0.25) is 5.91 Å². The fourth-order valence-electron chi connectivity index (χ4n) is 3.81. The first-order valence-corrected chi connectivity index (χ1v) is 10.8. The Bertz CT molecular complexity index is 1330. The topological polar surface area (TPSA) is 99.6 Å². The monoisotopic (exact) mass is 462 g/mol. The molecule has 0 saturated carbocycles. The molecular weight excluding hydrogens is 438 g/mol. The number of carbonyl (C=O) groups excluding carboxylic acids is 1. The molecule has 0 aliphatic heterocycles. The fraction of sp³-hybridized carbons (Fsp3) is 0.240. The van der Waals surface area contributed by atoms with E-state index in [0.717, 1.165) is 16.8 Å². The van der Waals surface area contributed by atoms with E-state index in [4.69, 9.17) is 10.7 Å². The van der Waals surface area contributed by atoms with Crippen LogP contribution < -0.4 is 5.73 Å². The van der Waals surface area contributed by atoms with Gasteiger partial charge in [-0.05, 0) is 41.8 Å². The molecule has 0 saturated heterocycles. The van der Waals surface area contributed by atoms with E-state index in [1.165, 1.54) is 22.9 Å². The van der Waals surface area contributed by atoms with Gasteiger partial charge in [0, 0.05) is 23.4 Å². The summed E-state index contributed by atoms with van der Waals surface area (Å²) >= 11 is 0. The van der Waals surface area contributed by atoms with Crippen LogP contribution in [0.5, 0.6) is 0 Å². The van der Waals surface area contributed by atoms with Gasteiger partial charge in [-0.15, -0.1) is 0 Å². The zero-order valence-electron chi connectivity index (χ0n) is 19.0. The summed E-state index contributed by atoms with van der Waals surface area (Å²) in [6.07, 6.45) is 3.33. The molecule has 3 aromatic heterocycles. The Morgan fingerprint density at radius 1 is 1.03 bits per heavy atom. The van der Waals surface area contributed by atoms with Gasteiger partial charge in [-0.25, -0.2) is 8.78 Å². The molecule has 4 rings (SSSR count). The number of primary amides is 1. The molecule has 4 aromatic rings. The maximum atomic E-state index is 14.3. The smallest absolute Gasteiger partial charge is 0.239 e. The van der Waals surface area contributed by atoms with Crippen LogP contribution in [0.1, 0.15) is 49.6 Å². The van der Waals surface area contributed by atoms with Gasteiger partial charge in [0.1, 0.15) is 18.2 Å². The number of nitrogens with two attached hydrogens (primary N) is 1. The Morgan fingerprint density at radius 2 is 1.74 bits per heavy atom. The third-order valence-corrected chi connectivity index (χ3v) is 5.57. The zero-order chi connectivity index (χ0) is 24.4. The number of amides is 1. The fourth-order valence-corrected chi connectivity index (χ4v) is 3.81. The SMILES string of the molecule is CC(C)c1cc(-c2c(F)cccc2F)nnc1C(C)c1cccc(-c2cnn(CC(N)=O)c2)n1. The van der Waals surface area contributed by atoms with Crippen molar-refractivity contribution in [2.24, 2.45) is 5.73 Å². The predicted octanol–water partition coefficient (Wildman–Crippen LogP) is 4.44. The second-order valence-electron chi connectivity index (χ2n) is 8.38. The first-order valence-electron chi connectivity index (χ1n) is 10.8. The second kappa shape index (κ2) is 9.46. The minimum absolute atomic E-state index is 0.0155. The van der Waals surface area contributed by atoms with Crippen LogP contribution in [0.25, 0.3) is 22.5 Å². The van der Waals surface area contributed by atoms with Crippen molar-refractivity contribution in [3.05, 3.63) is 83.4 Å². The Kier molecular flexibility index (Phi) is 6.45. The van der Waals surface area contributed by atoms with Crippen LogP contribution in [-0.2, 0) is 11.3 Å². The molecule has 174 valence electrons. The lowest BCUT2D eigenvalue weighted by atomic mass is 9.91. The molecule has 2 N–H and O–H groups in total. The summed E-state index contributed by atoms with van der Waals surface area (Å²) in [5, 5.41) is 12.7. The third kappa shape index (κ3) is 4.68. The molecule has 0 radical (unpaired) electrons. The average Bonchev–Trinajstić information content (AvgIpc) is 3.26. The van der Waals surface area contributed by atoms with Crippen LogP contribution in [-0.4, -0.2) is 30.9 Å². The molecule has 0 aliphatic rings. The number of halogens is 2. The van der Waals surface area contributed by atoms with Crippen molar-refractivity contribution in [3.63, 3.8) is 0 Å². The van der Waals surface area contributed by atoms with Crippen molar-refractivity contribution < 1.29 is 13.6 Å². The molecule has 1 atom stereocenters. The van der Waals surface area contributed by atoms with Crippen LogP contribution in [0.4, 0.5) is 8.78 Å². The first-order chi connectivity index (χ1) is 16.2. The van der Waals surface area contributed by atoms with Gasteiger partial charge in [-0.1, -0.05) is 32.9 Å². The number of rotatable bonds is 7. The van der Waals surface area contributed by atoms with Gasteiger partial charge >= 0.3 is 0 Å². The molecule has 1 unspecified atom stereocenters. The largest absolute Gasteiger partial charge is 0.368 e. The predicted molar refractivity (Wildman–Crippen MR) is 124 cm³/mol. The van der Waals surface area contributed by atoms with E-state index in [1.54, 1.807) is 18.5 Å². The highest BCUT2D eigenvalue weighted by Crippen LogP contribution is 2.33. The maximum Gasteiger partial charge on any atom is 0.239 e. The lowest BCUT2D eigenvalue weighted by molar-refractivity contribution is -0.118. The highest BCUT2D eigenvalue weighted by molar-refractivity contribution is 5.73. The molecule has 34 heavy (non-hydrogen) atoms. The number of carbonyl (C=O) groups is 1. The number of benzene rings is 1. The first kappa shape index (κ1) is 23.2. The zero-order valence-corrected chi connectivity index (χ0v) is 19.0. The lowest BCUT2D eigenvalue weighted by Gasteiger charge is -2.18. The highest BCUT2D eigenvalue weighted by atomic mass is 19.1. The number of pyridine rings is 1. The van der Waals surface area contributed by atoms with E-state index in [2.05, 4.69) is 15.3 Å². The van der Waals surface area contributed by atoms with Crippen molar-refractivity contribution in [2.45, 2.75) is 39.2 Å². The van der Waals surface area contributed by atoms with Gasteiger partial charge < -0.3 is 5.73 Å². The Hall–Kier alpha value is -4.01. The molecule has 3 heterocycles. The van der Waals surface area contributed by atoms with Crippen LogP contribution in [0.15, 0.2) is 54.9 Å². The van der Waals surface area contributed by atoms with Crippen LogP contribution in [0.2, 0.25) is 0 Å². The van der Waals surface area contributed by atoms with E-state index < -0.39 is 17.5 Å². The van der Waals surface area contributed by atoms with Crippen molar-refractivity contribution >= 4 is 5.91 Å². The third-order valence-electron chi connectivity index (χ3n) is 5.57. The van der Waals surface area contributed by atoms with E-state index in [9.17, 15) is 13.6 Å². The van der Waals surface area contributed by atoms with Crippen molar-refractivity contribution in [1.82, 2.24) is 25.0 Å². The number of hydrogen-bond donors (Lipinski definition) is 1. The molecule has 0 aliphatic carbocycles. The van der Waals surface area contributed by atoms with E-state index in [-0.39, 0.29) is 29.6 Å². The van der Waals surface area contributed by atoms with Crippen molar-refractivity contribution in [1.29, 1.82) is 0 Å². The van der Waals surface area contributed by atoms with Crippen LogP contribution in [0.3, 0.4) is 0 Å². The summed E-state index contributed by atoms with van der Waals surface area (Å²) < 4.78 is 30.1. The van der Waals surface area contributed by atoms with Crippen molar-refractivity contribution in [2.75, 3.05) is 0 Å². The molecule has 1 amide bonds. The second-order valence-corrected chi connectivity index (χ2v) is 8.38. The molecule has 9 heteroatoms. The Balaban J connectivity index is 1.70. The normalized spacial score (nSPS) is 12.2. The molecule has 0 spiro atoms. The summed E-state index contributed by atoms with van der Waals surface area (Å²) in [5.74, 6) is -2.04. The summed E-state index contributed by atoms with van der Waals surface area (Å²) in [7, 11) is 0. The standard InChI is InChI=1S/C25H24F2N6O/c1-14(2)17-10-22(24-18(26)6-4-7-19(24)27)31-32-25(17)15(3)20-8-5-9-21(30-20)16-11-29-33(12-16)13-23(28)34/h4-12,14-15H,13H2,1-3H3,(H2,28,34). The number of nitrogens with zero attached hydrogens (tertiary/aromatic N) is 5. The Morgan fingerprint density at radius 3 is 2.41 bits per heavy atom. The van der Waals surface area contributed by atoms with E-state index >= 15 is 0 Å². The average molecular weight is 463 g/mol. The highest BCUT2D eigenvalue weighted by Gasteiger charge is 2.22. The Labute approximate surface area is 195 Å². The summed E-state index contributed by atoms with van der Waals surface area (Å²) in [6, 6.07) is 11.0. The van der Waals surface area contributed by atoms with Gasteiger partial charge in [0.05, 0.1) is 28.8 Å². The molecule has 7 nitrogen and oxygen atoms in total. The van der Waals surface area contributed by atoms with Gasteiger partial charge in [-0.2, -0.15) is 15.3 Å². The van der Waals surface area contributed by atoms with Gasteiger partial charge in [0.25, 0.3) is 0 Å². The van der Waals surface area contributed by atoms with Gasteiger partial charge in [-0.3, -0.25) is 14.5 Å². The van der Waals surface area contributed by atoms with Gasteiger partial charge in [0.15, 0.2) is 0 Å². The van der Waals surface area contributed by atoms with Crippen molar-refractivity contribution in [3.8, 4) is 22.5 Å².